The van der Waals surface area contributed by atoms with Crippen molar-refractivity contribution in [2.24, 2.45) is 0 Å². The number of hydrogen-bond acceptors (Lipinski definition) is 5. The van der Waals surface area contributed by atoms with Gasteiger partial charge < -0.3 is 15.4 Å². The van der Waals surface area contributed by atoms with E-state index in [4.69, 9.17) is 4.74 Å². The summed E-state index contributed by atoms with van der Waals surface area (Å²) in [5, 5.41) is 5.34. The number of ether oxygens (including phenoxy) is 1. The smallest absolute Gasteiger partial charge is 0.262 e. The van der Waals surface area contributed by atoms with E-state index in [1.807, 2.05) is 0 Å². The molecule has 4 rings (SSSR count). The predicted molar refractivity (Wildman–Crippen MR) is 112 cm³/mol. The summed E-state index contributed by atoms with van der Waals surface area (Å²) in [5.74, 6) is -0.205. The Morgan fingerprint density at radius 2 is 1.67 bits per heavy atom. The minimum absolute atomic E-state index is 0.0626. The Morgan fingerprint density at radius 1 is 0.933 bits per heavy atom. The van der Waals surface area contributed by atoms with Crippen LogP contribution in [0.1, 0.15) is 10.4 Å². The van der Waals surface area contributed by atoms with Crippen molar-refractivity contribution in [1.82, 2.24) is 0 Å². The van der Waals surface area contributed by atoms with Crippen LogP contribution in [0.3, 0.4) is 0 Å². The van der Waals surface area contributed by atoms with Gasteiger partial charge in [0.2, 0.25) is 0 Å². The molecular weight excluding hydrogens is 406 g/mol. The van der Waals surface area contributed by atoms with Gasteiger partial charge in [0.25, 0.3) is 21.8 Å². The van der Waals surface area contributed by atoms with Gasteiger partial charge >= 0.3 is 0 Å². The van der Waals surface area contributed by atoms with Gasteiger partial charge in [-0.25, -0.2) is 8.42 Å². The molecule has 1 heterocycles. The summed E-state index contributed by atoms with van der Waals surface area (Å²) in [6, 6.07) is 19.1. The molecule has 0 fully saturated rings. The Labute approximate surface area is 172 Å². The first-order chi connectivity index (χ1) is 14.4. The van der Waals surface area contributed by atoms with Crippen LogP contribution in [-0.4, -0.2) is 26.8 Å². The number of carbonyl (C=O) groups is 2. The highest BCUT2D eigenvalue weighted by Crippen LogP contribution is 2.28. The fraction of sp³-hybridized carbons (Fsp3) is 0.0476. The molecule has 8 nitrogen and oxygen atoms in total. The molecule has 0 bridgehead atoms. The Balaban J connectivity index is 1.46. The zero-order valence-electron chi connectivity index (χ0n) is 15.6. The minimum Gasteiger partial charge on any atom is -0.482 e. The largest absolute Gasteiger partial charge is 0.482 e. The topological polar surface area (TPSA) is 114 Å². The highest BCUT2D eigenvalue weighted by molar-refractivity contribution is 7.92. The maximum absolute atomic E-state index is 12.5. The van der Waals surface area contributed by atoms with Crippen LogP contribution in [0.15, 0.2) is 77.7 Å². The van der Waals surface area contributed by atoms with Gasteiger partial charge in [0.05, 0.1) is 10.6 Å². The van der Waals surface area contributed by atoms with Crippen LogP contribution in [0.5, 0.6) is 5.75 Å². The van der Waals surface area contributed by atoms with Crippen LogP contribution in [-0.2, 0) is 14.8 Å². The molecule has 0 radical (unpaired) electrons. The summed E-state index contributed by atoms with van der Waals surface area (Å²) in [5.41, 5.74) is 1.63. The number of rotatable bonds is 5. The molecular formula is C21H17N3O5S. The van der Waals surface area contributed by atoms with Crippen LogP contribution < -0.4 is 20.1 Å². The SMILES string of the molecule is O=C1COc2ccc(C(=O)Nc3ccc(S(=O)(=O)Nc4ccccc4)cc3)cc2N1. The molecule has 0 aromatic heterocycles. The van der Waals surface area contributed by atoms with Gasteiger partial charge in [-0.2, -0.15) is 0 Å². The summed E-state index contributed by atoms with van der Waals surface area (Å²) in [6.07, 6.45) is 0. The molecule has 0 unspecified atom stereocenters. The number of sulfonamides is 1. The van der Waals surface area contributed by atoms with Crippen molar-refractivity contribution in [2.75, 3.05) is 22.0 Å². The average molecular weight is 423 g/mol. The van der Waals surface area contributed by atoms with Crippen molar-refractivity contribution in [3.63, 3.8) is 0 Å². The van der Waals surface area contributed by atoms with Crippen LogP contribution >= 0.6 is 0 Å². The third kappa shape index (κ3) is 4.26. The molecule has 3 aromatic rings. The highest BCUT2D eigenvalue weighted by atomic mass is 32.2. The van der Waals surface area contributed by atoms with E-state index in [0.717, 1.165) is 0 Å². The normalized spacial score (nSPS) is 12.9. The first kappa shape index (κ1) is 19.5. The molecule has 2 amide bonds. The number of fused-ring (bicyclic) bond motifs is 1. The van der Waals surface area contributed by atoms with Gasteiger partial charge in [0.15, 0.2) is 6.61 Å². The van der Waals surface area contributed by atoms with E-state index in [0.29, 0.717) is 28.4 Å². The quantitative estimate of drug-likeness (QED) is 0.584. The second-order valence-corrected chi connectivity index (χ2v) is 8.18. The zero-order chi connectivity index (χ0) is 21.1. The fourth-order valence-electron chi connectivity index (χ4n) is 2.87. The molecule has 0 aliphatic carbocycles. The van der Waals surface area contributed by atoms with Crippen molar-refractivity contribution in [3.05, 3.63) is 78.4 Å². The molecule has 1 aliphatic heterocycles. The fourth-order valence-corrected chi connectivity index (χ4v) is 3.92. The zero-order valence-corrected chi connectivity index (χ0v) is 16.4. The first-order valence-electron chi connectivity index (χ1n) is 8.97. The number of anilines is 3. The number of nitrogens with one attached hydrogen (secondary N) is 3. The number of amides is 2. The molecule has 1 aliphatic rings. The van der Waals surface area contributed by atoms with Crippen molar-refractivity contribution < 1.29 is 22.7 Å². The van der Waals surface area contributed by atoms with Crippen LogP contribution in [0.4, 0.5) is 17.1 Å². The third-order valence-corrected chi connectivity index (χ3v) is 5.72. The minimum atomic E-state index is -3.74. The van der Waals surface area contributed by atoms with Crippen molar-refractivity contribution in [1.29, 1.82) is 0 Å². The lowest BCUT2D eigenvalue weighted by Crippen LogP contribution is -2.25. The van der Waals surface area contributed by atoms with E-state index in [-0.39, 0.29) is 17.4 Å². The molecule has 0 atom stereocenters. The Morgan fingerprint density at radius 3 is 2.40 bits per heavy atom. The van der Waals surface area contributed by atoms with Crippen molar-refractivity contribution >= 4 is 38.9 Å². The molecule has 30 heavy (non-hydrogen) atoms. The standard InChI is InChI=1S/C21H17N3O5S/c25-20-13-29-19-11-6-14(12-18(19)23-20)21(26)22-15-7-9-17(10-8-15)30(27,28)24-16-4-2-1-3-5-16/h1-12,24H,13H2,(H,22,26)(H,23,25). The molecule has 0 saturated carbocycles. The van der Waals surface area contributed by atoms with Gasteiger partial charge in [-0.1, -0.05) is 18.2 Å². The maximum Gasteiger partial charge on any atom is 0.262 e. The maximum atomic E-state index is 12.5. The van der Waals surface area contributed by atoms with Gasteiger partial charge in [0, 0.05) is 16.9 Å². The van der Waals surface area contributed by atoms with Crippen LogP contribution in [0.2, 0.25) is 0 Å². The predicted octanol–water partition coefficient (Wildman–Crippen LogP) is 3.07. The van der Waals surface area contributed by atoms with E-state index in [2.05, 4.69) is 15.4 Å². The van der Waals surface area contributed by atoms with Crippen LogP contribution in [0, 0.1) is 0 Å². The monoisotopic (exact) mass is 423 g/mol. The summed E-state index contributed by atoms with van der Waals surface area (Å²) < 4.78 is 32.7. The Kier molecular flexibility index (Phi) is 5.11. The molecule has 152 valence electrons. The average Bonchev–Trinajstić information content (AvgIpc) is 2.74. The third-order valence-electron chi connectivity index (χ3n) is 4.32. The summed E-state index contributed by atoms with van der Waals surface area (Å²) in [6.45, 7) is -0.0626. The Bertz CT molecular complexity index is 1210. The number of hydrogen-bond donors (Lipinski definition) is 3. The number of para-hydroxylation sites is 1. The van der Waals surface area contributed by atoms with E-state index in [1.54, 1.807) is 42.5 Å². The highest BCUT2D eigenvalue weighted by Gasteiger charge is 2.18. The first-order valence-corrected chi connectivity index (χ1v) is 10.4. The van der Waals surface area contributed by atoms with Gasteiger partial charge in [-0.05, 0) is 54.6 Å². The van der Waals surface area contributed by atoms with Gasteiger partial charge in [-0.15, -0.1) is 0 Å². The Hall–Kier alpha value is -3.85. The molecule has 9 heteroatoms. The lowest BCUT2D eigenvalue weighted by atomic mass is 10.1. The van der Waals surface area contributed by atoms with E-state index < -0.39 is 15.9 Å². The molecule has 0 saturated heterocycles. The van der Waals surface area contributed by atoms with Gasteiger partial charge in [0.1, 0.15) is 5.75 Å². The molecule has 0 spiro atoms. The summed E-state index contributed by atoms with van der Waals surface area (Å²) >= 11 is 0. The summed E-state index contributed by atoms with van der Waals surface area (Å²) in [7, 11) is -3.74. The second kappa shape index (κ2) is 7.88. The van der Waals surface area contributed by atoms with E-state index in [1.165, 1.54) is 30.3 Å². The lowest BCUT2D eigenvalue weighted by molar-refractivity contribution is -0.118. The molecule has 3 aromatic carbocycles. The van der Waals surface area contributed by atoms with E-state index >= 15 is 0 Å². The van der Waals surface area contributed by atoms with Crippen LogP contribution in [0.25, 0.3) is 0 Å². The second-order valence-electron chi connectivity index (χ2n) is 6.50. The van der Waals surface area contributed by atoms with Crippen molar-refractivity contribution in [2.45, 2.75) is 4.90 Å². The lowest BCUT2D eigenvalue weighted by Gasteiger charge is -2.18. The van der Waals surface area contributed by atoms with Crippen molar-refractivity contribution in [3.8, 4) is 5.75 Å². The number of carbonyl (C=O) groups excluding carboxylic acids is 2. The van der Waals surface area contributed by atoms with Gasteiger partial charge in [-0.3, -0.25) is 14.3 Å². The number of benzene rings is 3. The summed E-state index contributed by atoms with van der Waals surface area (Å²) in [4.78, 5) is 24.0. The molecule has 3 N–H and O–H groups in total. The van der Waals surface area contributed by atoms with E-state index in [9.17, 15) is 18.0 Å².